The van der Waals surface area contributed by atoms with Gasteiger partial charge in [-0.1, -0.05) is 24.3 Å². The van der Waals surface area contributed by atoms with Crippen LogP contribution in [0.3, 0.4) is 0 Å². The zero-order valence-electron chi connectivity index (χ0n) is 15.2. The van der Waals surface area contributed by atoms with E-state index in [-0.39, 0.29) is 17.7 Å². The van der Waals surface area contributed by atoms with Gasteiger partial charge in [0.15, 0.2) is 0 Å². The van der Waals surface area contributed by atoms with Crippen molar-refractivity contribution in [3.63, 3.8) is 0 Å². The number of nitro benzene ring substituents is 1. The Balaban J connectivity index is 1.77. The van der Waals surface area contributed by atoms with E-state index in [1.807, 2.05) is 0 Å². The zero-order valence-corrected chi connectivity index (χ0v) is 15.2. The molecule has 2 aromatic carbocycles. The van der Waals surface area contributed by atoms with Crippen LogP contribution in [0.5, 0.6) is 5.75 Å². The first-order valence-electron chi connectivity index (χ1n) is 8.34. The second-order valence-electron chi connectivity index (χ2n) is 6.21. The molecule has 144 valence electrons. The van der Waals surface area contributed by atoms with Crippen LogP contribution in [0.1, 0.15) is 26.3 Å². The van der Waals surface area contributed by atoms with Crippen molar-refractivity contribution in [1.29, 1.82) is 0 Å². The van der Waals surface area contributed by atoms with Crippen molar-refractivity contribution in [2.75, 3.05) is 20.7 Å². The molecule has 0 atom stereocenters. The number of imide groups is 1. The van der Waals surface area contributed by atoms with Crippen molar-refractivity contribution in [3.05, 3.63) is 69.3 Å². The molecule has 0 aliphatic carbocycles. The maximum Gasteiger partial charge on any atom is 0.282 e. The number of para-hydroxylation sites is 1. The Labute approximate surface area is 160 Å². The molecular formula is C19H17N3O6. The van der Waals surface area contributed by atoms with Crippen LogP contribution in [0, 0.1) is 10.1 Å². The van der Waals surface area contributed by atoms with Crippen molar-refractivity contribution >= 4 is 23.4 Å². The number of benzene rings is 2. The lowest BCUT2D eigenvalue weighted by Gasteiger charge is -2.21. The monoisotopic (exact) mass is 383 g/mol. The highest BCUT2D eigenvalue weighted by atomic mass is 16.6. The van der Waals surface area contributed by atoms with E-state index in [9.17, 15) is 24.5 Å². The van der Waals surface area contributed by atoms with E-state index in [1.165, 1.54) is 31.2 Å². The highest BCUT2D eigenvalue weighted by molar-refractivity contribution is 6.24. The van der Waals surface area contributed by atoms with Crippen molar-refractivity contribution in [1.82, 2.24) is 9.80 Å². The van der Waals surface area contributed by atoms with Crippen molar-refractivity contribution in [2.24, 2.45) is 0 Å². The van der Waals surface area contributed by atoms with E-state index in [2.05, 4.69) is 0 Å². The average molecular weight is 383 g/mol. The zero-order chi connectivity index (χ0) is 20.4. The second kappa shape index (κ2) is 7.47. The summed E-state index contributed by atoms with van der Waals surface area (Å²) >= 11 is 0. The van der Waals surface area contributed by atoms with Gasteiger partial charge in [0.2, 0.25) is 5.91 Å². The molecule has 28 heavy (non-hydrogen) atoms. The van der Waals surface area contributed by atoms with Gasteiger partial charge in [-0.2, -0.15) is 0 Å². The molecule has 0 N–H and O–H groups in total. The summed E-state index contributed by atoms with van der Waals surface area (Å²) in [5.74, 6) is -1.43. The van der Waals surface area contributed by atoms with Gasteiger partial charge in [0.05, 0.1) is 17.6 Å². The molecule has 9 heteroatoms. The lowest BCUT2D eigenvalue weighted by molar-refractivity contribution is -0.385. The van der Waals surface area contributed by atoms with E-state index in [4.69, 9.17) is 4.74 Å². The van der Waals surface area contributed by atoms with Crippen LogP contribution in [0.25, 0.3) is 0 Å². The molecule has 0 saturated carbocycles. The van der Waals surface area contributed by atoms with Gasteiger partial charge in [0.25, 0.3) is 17.5 Å². The predicted molar refractivity (Wildman–Crippen MR) is 97.9 cm³/mol. The number of nitro groups is 1. The summed E-state index contributed by atoms with van der Waals surface area (Å²) in [5.41, 5.74) is -0.0379. The molecule has 0 saturated heterocycles. The minimum atomic E-state index is -0.841. The van der Waals surface area contributed by atoms with E-state index in [0.717, 1.165) is 16.5 Å². The summed E-state index contributed by atoms with van der Waals surface area (Å²) in [7, 11) is 3.06. The molecule has 3 amide bonds. The number of hydrogen-bond donors (Lipinski definition) is 0. The molecule has 2 aromatic rings. The minimum Gasteiger partial charge on any atom is -0.496 e. The van der Waals surface area contributed by atoms with Gasteiger partial charge >= 0.3 is 0 Å². The summed E-state index contributed by atoms with van der Waals surface area (Å²) in [6.07, 6.45) is 0. The normalized spacial score (nSPS) is 12.7. The number of nitrogens with zero attached hydrogens (tertiary/aromatic N) is 3. The number of likely N-dealkylation sites (N-methyl/N-ethyl adjacent to an activating group) is 1. The molecular weight excluding hydrogens is 366 g/mol. The SMILES string of the molecule is COc1ccccc1CN(C)C(=O)CN1C(=O)c2cccc([N+](=O)[O-])c2C1=O. The standard InChI is InChI=1S/C19H17N3O6/c1-20(10-12-6-3-4-9-15(12)28-2)16(23)11-21-18(24)13-7-5-8-14(22(26)27)17(13)19(21)25/h3-9H,10-11H2,1-2H3. The highest BCUT2D eigenvalue weighted by Crippen LogP contribution is 2.30. The lowest BCUT2D eigenvalue weighted by atomic mass is 10.1. The minimum absolute atomic E-state index is 0.0700. The van der Waals surface area contributed by atoms with Crippen LogP contribution in [0.2, 0.25) is 0 Å². The first kappa shape index (κ1) is 19.0. The van der Waals surface area contributed by atoms with Crippen molar-refractivity contribution in [3.8, 4) is 5.75 Å². The number of rotatable bonds is 6. The molecule has 0 bridgehead atoms. The third kappa shape index (κ3) is 3.29. The van der Waals surface area contributed by atoms with Gasteiger partial charge in [-0.15, -0.1) is 0 Å². The number of amides is 3. The highest BCUT2D eigenvalue weighted by Gasteiger charge is 2.41. The number of fused-ring (bicyclic) bond motifs is 1. The summed E-state index contributed by atoms with van der Waals surface area (Å²) in [6, 6.07) is 11.0. The summed E-state index contributed by atoms with van der Waals surface area (Å²) in [6.45, 7) is -0.290. The Morgan fingerprint density at radius 3 is 2.54 bits per heavy atom. The van der Waals surface area contributed by atoms with Crippen LogP contribution in [0.15, 0.2) is 42.5 Å². The third-order valence-corrected chi connectivity index (χ3v) is 4.49. The van der Waals surface area contributed by atoms with E-state index < -0.39 is 34.9 Å². The fourth-order valence-electron chi connectivity index (χ4n) is 3.04. The summed E-state index contributed by atoms with van der Waals surface area (Å²) in [5, 5.41) is 11.2. The Bertz CT molecular complexity index is 987. The summed E-state index contributed by atoms with van der Waals surface area (Å²) < 4.78 is 5.25. The third-order valence-electron chi connectivity index (χ3n) is 4.49. The van der Waals surface area contributed by atoms with E-state index >= 15 is 0 Å². The molecule has 0 spiro atoms. The van der Waals surface area contributed by atoms with Crippen molar-refractivity contribution < 1.29 is 24.0 Å². The molecule has 1 aliphatic heterocycles. The maximum atomic E-state index is 12.6. The smallest absolute Gasteiger partial charge is 0.282 e. The molecule has 0 unspecified atom stereocenters. The Morgan fingerprint density at radius 2 is 1.86 bits per heavy atom. The molecule has 0 aromatic heterocycles. The van der Waals surface area contributed by atoms with Gasteiger partial charge in [-0.05, 0) is 12.1 Å². The number of methoxy groups -OCH3 is 1. The van der Waals surface area contributed by atoms with Crippen LogP contribution in [0.4, 0.5) is 5.69 Å². The molecule has 1 heterocycles. The molecule has 0 fully saturated rings. The molecule has 0 radical (unpaired) electrons. The number of carbonyl (C=O) groups is 3. The largest absolute Gasteiger partial charge is 0.496 e. The van der Waals surface area contributed by atoms with E-state index in [1.54, 1.807) is 24.3 Å². The first-order valence-corrected chi connectivity index (χ1v) is 8.34. The van der Waals surface area contributed by atoms with Crippen LogP contribution in [-0.2, 0) is 11.3 Å². The molecule has 1 aliphatic rings. The topological polar surface area (TPSA) is 110 Å². The number of carbonyl (C=O) groups excluding carboxylic acids is 3. The fraction of sp³-hybridized carbons (Fsp3) is 0.211. The van der Waals surface area contributed by atoms with Gasteiger partial charge in [0.1, 0.15) is 17.9 Å². The van der Waals surface area contributed by atoms with Gasteiger partial charge < -0.3 is 9.64 Å². The first-order chi connectivity index (χ1) is 13.3. The Kier molecular flexibility index (Phi) is 5.08. The van der Waals surface area contributed by atoms with Crippen LogP contribution in [-0.4, -0.2) is 53.1 Å². The second-order valence-corrected chi connectivity index (χ2v) is 6.21. The Morgan fingerprint density at radius 1 is 1.14 bits per heavy atom. The number of hydrogen-bond acceptors (Lipinski definition) is 6. The maximum absolute atomic E-state index is 12.6. The van der Waals surface area contributed by atoms with Crippen molar-refractivity contribution in [2.45, 2.75) is 6.54 Å². The quantitative estimate of drug-likeness (QED) is 0.428. The van der Waals surface area contributed by atoms with Gasteiger partial charge in [0, 0.05) is 25.2 Å². The fourth-order valence-corrected chi connectivity index (χ4v) is 3.04. The van der Waals surface area contributed by atoms with Gasteiger partial charge in [-0.25, -0.2) is 0 Å². The van der Waals surface area contributed by atoms with E-state index in [0.29, 0.717) is 5.75 Å². The Hall–Kier alpha value is -3.75. The van der Waals surface area contributed by atoms with Crippen LogP contribution >= 0.6 is 0 Å². The summed E-state index contributed by atoms with van der Waals surface area (Å²) in [4.78, 5) is 50.1. The average Bonchev–Trinajstić information content (AvgIpc) is 2.93. The lowest BCUT2D eigenvalue weighted by Crippen LogP contribution is -2.41. The molecule has 3 rings (SSSR count). The van der Waals surface area contributed by atoms with Gasteiger partial charge in [-0.3, -0.25) is 29.4 Å². The molecule has 9 nitrogen and oxygen atoms in total. The predicted octanol–water partition coefficient (Wildman–Crippen LogP) is 1.86. The number of ether oxygens (including phenoxy) is 1. The van der Waals surface area contributed by atoms with Crippen LogP contribution < -0.4 is 4.74 Å².